The Kier molecular flexibility index (Phi) is 2.68. The predicted molar refractivity (Wildman–Crippen MR) is 52.6 cm³/mol. The third-order valence-corrected chi connectivity index (χ3v) is 3.95. The molecule has 13 heavy (non-hydrogen) atoms. The lowest BCUT2D eigenvalue weighted by Crippen LogP contribution is -2.39. The molecule has 0 unspecified atom stereocenters. The molecule has 0 aromatic heterocycles. The van der Waals surface area contributed by atoms with E-state index >= 15 is 0 Å². The summed E-state index contributed by atoms with van der Waals surface area (Å²) in [5.74, 6) is 0.375. The second kappa shape index (κ2) is 3.79. The first kappa shape index (κ1) is 9.20. The van der Waals surface area contributed by atoms with Crippen LogP contribution in [0.1, 0.15) is 38.5 Å². The highest BCUT2D eigenvalue weighted by Crippen LogP contribution is 2.44. The standard InChI is InChI=1S/C11H19NO/c13-9-10-1-3-11(4-2-10)5-7-12-8-6-11/h9-10,12H,1-8H2. The van der Waals surface area contributed by atoms with Crippen molar-refractivity contribution >= 4 is 6.29 Å². The molecule has 1 heterocycles. The van der Waals surface area contributed by atoms with E-state index in [4.69, 9.17) is 0 Å². The summed E-state index contributed by atoms with van der Waals surface area (Å²) < 4.78 is 0. The zero-order valence-corrected chi connectivity index (χ0v) is 8.22. The van der Waals surface area contributed by atoms with Crippen molar-refractivity contribution in [2.24, 2.45) is 11.3 Å². The topological polar surface area (TPSA) is 29.1 Å². The van der Waals surface area contributed by atoms with Crippen LogP contribution in [0.3, 0.4) is 0 Å². The first-order valence-electron chi connectivity index (χ1n) is 5.51. The summed E-state index contributed by atoms with van der Waals surface area (Å²) in [6.45, 7) is 2.37. The Bertz CT molecular complexity index is 175. The maximum atomic E-state index is 10.6. The lowest BCUT2D eigenvalue weighted by molar-refractivity contribution is -0.112. The van der Waals surface area contributed by atoms with Crippen LogP contribution in [0, 0.1) is 11.3 Å². The lowest BCUT2D eigenvalue weighted by atomic mass is 9.66. The van der Waals surface area contributed by atoms with Gasteiger partial charge in [-0.05, 0) is 57.0 Å². The molecule has 2 heteroatoms. The van der Waals surface area contributed by atoms with E-state index in [9.17, 15) is 4.79 Å². The van der Waals surface area contributed by atoms with Crippen LogP contribution < -0.4 is 5.32 Å². The summed E-state index contributed by atoms with van der Waals surface area (Å²) in [5.41, 5.74) is 0.616. The van der Waals surface area contributed by atoms with Gasteiger partial charge >= 0.3 is 0 Å². The minimum absolute atomic E-state index is 0.375. The third kappa shape index (κ3) is 1.93. The van der Waals surface area contributed by atoms with Crippen LogP contribution in [0.15, 0.2) is 0 Å². The lowest BCUT2D eigenvalue weighted by Gasteiger charge is -2.42. The highest BCUT2D eigenvalue weighted by Gasteiger charge is 2.35. The van der Waals surface area contributed by atoms with Gasteiger partial charge < -0.3 is 10.1 Å². The molecular weight excluding hydrogens is 162 g/mol. The van der Waals surface area contributed by atoms with Crippen LogP contribution in [0.25, 0.3) is 0 Å². The summed E-state index contributed by atoms with van der Waals surface area (Å²) in [4.78, 5) is 10.6. The average Bonchev–Trinajstić information content (AvgIpc) is 2.20. The third-order valence-electron chi connectivity index (χ3n) is 3.95. The number of hydrogen-bond acceptors (Lipinski definition) is 2. The predicted octanol–water partition coefficient (Wildman–Crippen LogP) is 1.75. The Labute approximate surface area is 80.1 Å². The van der Waals surface area contributed by atoms with Gasteiger partial charge in [0.1, 0.15) is 6.29 Å². The van der Waals surface area contributed by atoms with Crippen LogP contribution in [0.4, 0.5) is 0 Å². The summed E-state index contributed by atoms with van der Waals surface area (Å²) in [6, 6.07) is 0. The summed E-state index contributed by atoms with van der Waals surface area (Å²) in [7, 11) is 0. The fraction of sp³-hybridized carbons (Fsp3) is 0.909. The van der Waals surface area contributed by atoms with Gasteiger partial charge in [0.2, 0.25) is 0 Å². The molecule has 0 radical (unpaired) electrons. The maximum absolute atomic E-state index is 10.6. The summed E-state index contributed by atoms with van der Waals surface area (Å²) in [5, 5.41) is 3.41. The van der Waals surface area contributed by atoms with Crippen molar-refractivity contribution in [1.82, 2.24) is 5.32 Å². The molecule has 2 fully saturated rings. The number of aldehydes is 1. The highest BCUT2D eigenvalue weighted by atomic mass is 16.1. The Balaban J connectivity index is 1.91. The average molecular weight is 181 g/mol. The van der Waals surface area contributed by atoms with Gasteiger partial charge in [-0.25, -0.2) is 0 Å². The zero-order chi connectivity index (χ0) is 9.15. The van der Waals surface area contributed by atoms with E-state index in [2.05, 4.69) is 5.32 Å². The Morgan fingerprint density at radius 2 is 1.69 bits per heavy atom. The molecule has 1 saturated carbocycles. The fourth-order valence-corrected chi connectivity index (χ4v) is 2.85. The molecule has 1 aliphatic carbocycles. The second-order valence-corrected chi connectivity index (χ2v) is 4.72. The van der Waals surface area contributed by atoms with Gasteiger partial charge in [0.05, 0.1) is 0 Å². The van der Waals surface area contributed by atoms with E-state index in [1.165, 1.54) is 38.8 Å². The quantitative estimate of drug-likeness (QED) is 0.624. The van der Waals surface area contributed by atoms with Gasteiger partial charge in [-0.3, -0.25) is 0 Å². The smallest absolute Gasteiger partial charge is 0.123 e. The zero-order valence-electron chi connectivity index (χ0n) is 8.22. The van der Waals surface area contributed by atoms with Gasteiger partial charge in [0, 0.05) is 5.92 Å². The molecule has 74 valence electrons. The molecule has 0 amide bonds. The first-order chi connectivity index (χ1) is 6.35. The molecule has 0 bridgehead atoms. The monoisotopic (exact) mass is 181 g/mol. The van der Waals surface area contributed by atoms with Crippen LogP contribution in [-0.4, -0.2) is 19.4 Å². The van der Waals surface area contributed by atoms with E-state index in [0.717, 1.165) is 19.1 Å². The maximum Gasteiger partial charge on any atom is 0.123 e. The molecule has 1 spiro atoms. The van der Waals surface area contributed by atoms with E-state index in [1.807, 2.05) is 0 Å². The molecule has 1 aliphatic heterocycles. The SMILES string of the molecule is O=CC1CCC2(CCNCC2)CC1. The molecule has 2 rings (SSSR count). The molecule has 0 aromatic carbocycles. The van der Waals surface area contributed by atoms with Crippen LogP contribution in [0.2, 0.25) is 0 Å². The van der Waals surface area contributed by atoms with Gasteiger partial charge in [-0.15, -0.1) is 0 Å². The molecule has 0 atom stereocenters. The second-order valence-electron chi connectivity index (χ2n) is 4.72. The fourth-order valence-electron chi connectivity index (χ4n) is 2.85. The molecule has 0 aromatic rings. The number of carbonyl (C=O) groups excluding carboxylic acids is 1. The van der Waals surface area contributed by atoms with Gasteiger partial charge in [0.25, 0.3) is 0 Å². The van der Waals surface area contributed by atoms with E-state index in [-0.39, 0.29) is 0 Å². The minimum atomic E-state index is 0.375. The number of nitrogens with one attached hydrogen (secondary N) is 1. The minimum Gasteiger partial charge on any atom is -0.317 e. The summed E-state index contributed by atoms with van der Waals surface area (Å²) >= 11 is 0. The van der Waals surface area contributed by atoms with E-state index in [0.29, 0.717) is 11.3 Å². The first-order valence-corrected chi connectivity index (χ1v) is 5.51. The van der Waals surface area contributed by atoms with Crippen LogP contribution >= 0.6 is 0 Å². The van der Waals surface area contributed by atoms with Crippen molar-refractivity contribution in [1.29, 1.82) is 0 Å². The van der Waals surface area contributed by atoms with E-state index in [1.54, 1.807) is 0 Å². The van der Waals surface area contributed by atoms with Crippen molar-refractivity contribution in [3.63, 3.8) is 0 Å². The van der Waals surface area contributed by atoms with Crippen molar-refractivity contribution in [2.45, 2.75) is 38.5 Å². The van der Waals surface area contributed by atoms with Crippen molar-refractivity contribution in [2.75, 3.05) is 13.1 Å². The highest BCUT2D eigenvalue weighted by molar-refractivity contribution is 5.53. The Hall–Kier alpha value is -0.370. The van der Waals surface area contributed by atoms with E-state index < -0.39 is 0 Å². The molecular formula is C11H19NO. The number of carbonyl (C=O) groups is 1. The number of piperidine rings is 1. The largest absolute Gasteiger partial charge is 0.317 e. The van der Waals surface area contributed by atoms with Gasteiger partial charge in [-0.1, -0.05) is 0 Å². The number of hydrogen-bond donors (Lipinski definition) is 1. The van der Waals surface area contributed by atoms with Crippen LogP contribution in [-0.2, 0) is 4.79 Å². The van der Waals surface area contributed by atoms with Crippen molar-refractivity contribution < 1.29 is 4.79 Å². The molecule has 1 saturated heterocycles. The van der Waals surface area contributed by atoms with Crippen molar-refractivity contribution in [3.05, 3.63) is 0 Å². The summed E-state index contributed by atoms with van der Waals surface area (Å²) in [6.07, 6.45) is 8.69. The molecule has 1 N–H and O–H groups in total. The molecule has 2 nitrogen and oxygen atoms in total. The normalized spacial score (nSPS) is 28.9. The Morgan fingerprint density at radius 3 is 2.23 bits per heavy atom. The molecule has 2 aliphatic rings. The van der Waals surface area contributed by atoms with Crippen LogP contribution in [0.5, 0.6) is 0 Å². The Morgan fingerprint density at radius 1 is 1.08 bits per heavy atom. The van der Waals surface area contributed by atoms with Gasteiger partial charge in [-0.2, -0.15) is 0 Å². The van der Waals surface area contributed by atoms with Gasteiger partial charge in [0.15, 0.2) is 0 Å². The van der Waals surface area contributed by atoms with Crippen molar-refractivity contribution in [3.8, 4) is 0 Å². The number of rotatable bonds is 1.